The quantitative estimate of drug-likeness (QED) is 0.275. The lowest BCUT2D eigenvalue weighted by Gasteiger charge is -2.23. The van der Waals surface area contributed by atoms with Gasteiger partial charge < -0.3 is 10.5 Å². The smallest absolute Gasteiger partial charge is 0.382 e. The normalized spacial score (nSPS) is 20.5. The SMILES string of the molecule is CC1OC(n2cnc3c(N)ncnc32)CC1OP(=O)(OCCSC(=O)C(C)(C)C)OCCSC(=O)C(C)(C)C. The van der Waals surface area contributed by atoms with E-state index in [0.29, 0.717) is 17.6 Å². The molecule has 2 aromatic heterocycles. The topological polar surface area (TPSA) is 158 Å². The van der Waals surface area contributed by atoms with E-state index < -0.39 is 37.1 Å². The van der Waals surface area contributed by atoms with E-state index >= 15 is 0 Å². The molecule has 1 fully saturated rings. The molecular formula is C24H38N5O7PS2. The molecule has 3 rings (SSSR count). The van der Waals surface area contributed by atoms with E-state index in [1.807, 2.05) is 41.5 Å². The van der Waals surface area contributed by atoms with E-state index in [-0.39, 0.29) is 40.8 Å². The van der Waals surface area contributed by atoms with Crippen molar-refractivity contribution >= 4 is 58.6 Å². The number of carbonyl (C=O) groups is 2. The van der Waals surface area contributed by atoms with Gasteiger partial charge in [-0.15, -0.1) is 0 Å². The number of phosphoric ester groups is 1. The van der Waals surface area contributed by atoms with Gasteiger partial charge in [0, 0.05) is 28.8 Å². The Morgan fingerprint density at radius 3 is 2.15 bits per heavy atom. The number of aromatic nitrogens is 4. The van der Waals surface area contributed by atoms with E-state index in [2.05, 4.69) is 15.0 Å². The lowest BCUT2D eigenvalue weighted by molar-refractivity contribution is -0.118. The van der Waals surface area contributed by atoms with Gasteiger partial charge in [-0.25, -0.2) is 19.5 Å². The van der Waals surface area contributed by atoms with Crippen molar-refractivity contribution in [1.29, 1.82) is 0 Å². The molecule has 3 unspecified atom stereocenters. The van der Waals surface area contributed by atoms with Gasteiger partial charge in [-0.3, -0.25) is 27.7 Å². The third-order valence-electron chi connectivity index (χ3n) is 5.65. The highest BCUT2D eigenvalue weighted by atomic mass is 32.2. The number of hydrogen-bond acceptors (Lipinski definition) is 13. The summed E-state index contributed by atoms with van der Waals surface area (Å²) >= 11 is 2.20. The molecule has 2 N–H and O–H groups in total. The fraction of sp³-hybridized carbons (Fsp3) is 0.708. The molecule has 3 heterocycles. The number of thioether (sulfide) groups is 2. The van der Waals surface area contributed by atoms with Crippen molar-refractivity contribution in [2.45, 2.75) is 73.3 Å². The van der Waals surface area contributed by atoms with Crippen molar-refractivity contribution in [3.8, 4) is 0 Å². The summed E-state index contributed by atoms with van der Waals surface area (Å²) in [7, 11) is -4.07. The van der Waals surface area contributed by atoms with Crippen molar-refractivity contribution < 1.29 is 32.5 Å². The Balaban J connectivity index is 1.66. The van der Waals surface area contributed by atoms with Crippen LogP contribution in [0, 0.1) is 10.8 Å². The Morgan fingerprint density at radius 2 is 1.62 bits per heavy atom. The van der Waals surface area contributed by atoms with Crippen LogP contribution in [0.4, 0.5) is 5.82 Å². The average Bonchev–Trinajstić information content (AvgIpc) is 3.42. The number of nitrogen functional groups attached to an aromatic ring is 1. The van der Waals surface area contributed by atoms with E-state index in [9.17, 15) is 14.2 Å². The second-order valence-corrected chi connectivity index (χ2v) is 14.9. The molecule has 218 valence electrons. The van der Waals surface area contributed by atoms with Crippen LogP contribution in [0.1, 0.15) is 61.1 Å². The molecule has 0 bridgehead atoms. The number of anilines is 1. The van der Waals surface area contributed by atoms with Crippen molar-refractivity contribution in [2.24, 2.45) is 10.8 Å². The molecule has 1 aliphatic heterocycles. The van der Waals surface area contributed by atoms with E-state index in [1.54, 1.807) is 17.8 Å². The maximum Gasteiger partial charge on any atom is 0.475 e. The Morgan fingerprint density at radius 1 is 1.05 bits per heavy atom. The van der Waals surface area contributed by atoms with E-state index in [0.717, 1.165) is 23.5 Å². The van der Waals surface area contributed by atoms with Crippen LogP contribution >= 0.6 is 31.3 Å². The second-order valence-electron chi connectivity index (χ2n) is 11.1. The molecular weight excluding hydrogens is 565 g/mol. The van der Waals surface area contributed by atoms with Crippen molar-refractivity contribution in [1.82, 2.24) is 19.5 Å². The first-order chi connectivity index (χ1) is 18.1. The molecule has 0 saturated carbocycles. The molecule has 15 heteroatoms. The zero-order chi connectivity index (χ0) is 29.0. The highest BCUT2D eigenvalue weighted by molar-refractivity contribution is 8.14. The maximum atomic E-state index is 13.7. The lowest BCUT2D eigenvalue weighted by Crippen LogP contribution is -2.22. The summed E-state index contributed by atoms with van der Waals surface area (Å²) in [6.07, 6.45) is 1.64. The van der Waals surface area contributed by atoms with Gasteiger partial charge in [-0.1, -0.05) is 65.1 Å². The van der Waals surface area contributed by atoms with Crippen molar-refractivity contribution in [3.05, 3.63) is 12.7 Å². The Bertz CT molecular complexity index is 1180. The van der Waals surface area contributed by atoms with Crippen LogP contribution in [0.25, 0.3) is 11.2 Å². The average molecular weight is 604 g/mol. The zero-order valence-electron chi connectivity index (χ0n) is 23.4. The third-order valence-corrected chi connectivity index (χ3v) is 9.66. The number of nitrogens with zero attached hydrogens (tertiary/aromatic N) is 4. The fourth-order valence-corrected chi connectivity index (χ4v) is 6.67. The number of hydrogen-bond donors (Lipinski definition) is 1. The molecule has 0 amide bonds. The van der Waals surface area contributed by atoms with Crippen LogP contribution in [0.3, 0.4) is 0 Å². The van der Waals surface area contributed by atoms with Gasteiger partial charge in [0.25, 0.3) is 0 Å². The van der Waals surface area contributed by atoms with Crippen LogP contribution in [0.5, 0.6) is 0 Å². The van der Waals surface area contributed by atoms with Crippen LogP contribution < -0.4 is 5.73 Å². The van der Waals surface area contributed by atoms with Crippen LogP contribution in [0.15, 0.2) is 12.7 Å². The number of phosphoric acid groups is 1. The summed E-state index contributed by atoms with van der Waals surface area (Å²) in [4.78, 5) is 37.0. The maximum absolute atomic E-state index is 13.7. The van der Waals surface area contributed by atoms with Crippen LogP contribution in [-0.2, 0) is 32.5 Å². The molecule has 3 atom stereocenters. The molecule has 1 saturated heterocycles. The minimum absolute atomic E-state index is 0.00229. The number of rotatable bonds is 11. The number of nitrogens with two attached hydrogens (primary N) is 1. The molecule has 39 heavy (non-hydrogen) atoms. The Kier molecular flexibility index (Phi) is 10.6. The highest BCUT2D eigenvalue weighted by Crippen LogP contribution is 2.53. The summed E-state index contributed by atoms with van der Waals surface area (Å²) in [6.45, 7) is 12.7. The first-order valence-corrected chi connectivity index (χ1v) is 16.0. The molecule has 0 radical (unpaired) electrons. The molecule has 0 aromatic carbocycles. The molecule has 2 aromatic rings. The van der Waals surface area contributed by atoms with Gasteiger partial charge in [0.05, 0.1) is 31.7 Å². The van der Waals surface area contributed by atoms with Gasteiger partial charge in [-0.2, -0.15) is 0 Å². The predicted molar refractivity (Wildman–Crippen MR) is 152 cm³/mol. The largest absolute Gasteiger partial charge is 0.475 e. The van der Waals surface area contributed by atoms with Gasteiger partial charge >= 0.3 is 7.82 Å². The summed E-state index contributed by atoms with van der Waals surface area (Å²) in [6, 6.07) is 0. The Hall–Kier alpha value is -1.54. The Labute approximate surface area is 237 Å². The minimum Gasteiger partial charge on any atom is -0.382 e. The van der Waals surface area contributed by atoms with Crippen molar-refractivity contribution in [2.75, 3.05) is 30.5 Å². The van der Waals surface area contributed by atoms with Gasteiger partial charge in [0.1, 0.15) is 18.1 Å². The van der Waals surface area contributed by atoms with E-state index in [1.165, 1.54) is 6.33 Å². The molecule has 0 aliphatic carbocycles. The minimum atomic E-state index is -4.07. The third kappa shape index (κ3) is 8.72. The van der Waals surface area contributed by atoms with Gasteiger partial charge in [0.15, 0.2) is 21.7 Å². The molecule has 1 aliphatic rings. The van der Waals surface area contributed by atoms with Gasteiger partial charge in [-0.05, 0) is 6.92 Å². The first kappa shape index (κ1) is 32.0. The zero-order valence-corrected chi connectivity index (χ0v) is 25.9. The number of fused-ring (bicyclic) bond motifs is 1. The van der Waals surface area contributed by atoms with Crippen LogP contribution in [0.2, 0.25) is 0 Å². The predicted octanol–water partition coefficient (Wildman–Crippen LogP) is 4.85. The van der Waals surface area contributed by atoms with Gasteiger partial charge in [0.2, 0.25) is 0 Å². The lowest BCUT2D eigenvalue weighted by atomic mass is 9.99. The summed E-state index contributed by atoms with van der Waals surface area (Å²) < 4.78 is 38.6. The second kappa shape index (κ2) is 13.0. The number of carbonyl (C=O) groups excluding carboxylic acids is 2. The number of imidazole rings is 1. The number of ether oxygens (including phenoxy) is 1. The van der Waals surface area contributed by atoms with E-state index in [4.69, 9.17) is 24.0 Å². The summed E-state index contributed by atoms with van der Waals surface area (Å²) in [5.74, 6) is 0.825. The summed E-state index contributed by atoms with van der Waals surface area (Å²) in [5, 5.41) is -0.00459. The highest BCUT2D eigenvalue weighted by Gasteiger charge is 2.41. The standard InChI is InChI=1S/C24H38N5O7PS2/c1-15-16(12-17(35-15)29-14-28-18-19(25)26-13-27-20(18)29)36-37(32,33-8-10-38-21(30)23(2,3)4)34-9-11-39-22(31)24(5,6)7/h13-17H,8-12H2,1-7H3,(H2,25,26,27). The van der Waals surface area contributed by atoms with Crippen molar-refractivity contribution in [3.63, 3.8) is 0 Å². The molecule has 0 spiro atoms. The fourth-order valence-electron chi connectivity index (χ4n) is 3.43. The first-order valence-electron chi connectivity index (χ1n) is 12.6. The monoisotopic (exact) mass is 603 g/mol. The molecule has 12 nitrogen and oxygen atoms in total. The van der Waals surface area contributed by atoms with Crippen LogP contribution in [-0.4, -0.2) is 66.7 Å². The summed E-state index contributed by atoms with van der Waals surface area (Å²) in [5.41, 5.74) is 5.86.